The molecule has 104 valence electrons. The van der Waals surface area contributed by atoms with Crippen molar-refractivity contribution in [1.82, 2.24) is 5.32 Å². The zero-order chi connectivity index (χ0) is 14.1. The summed E-state index contributed by atoms with van der Waals surface area (Å²) in [5, 5.41) is 6.36. The first-order valence-corrected chi connectivity index (χ1v) is 8.63. The van der Waals surface area contributed by atoms with Crippen LogP contribution >= 0.6 is 43.2 Å². The molecule has 0 fully saturated rings. The van der Waals surface area contributed by atoms with Crippen molar-refractivity contribution in [1.29, 1.82) is 0 Å². The Kier molecular flexibility index (Phi) is 4.26. The van der Waals surface area contributed by atoms with Crippen LogP contribution in [-0.2, 0) is 13.0 Å². The van der Waals surface area contributed by atoms with Gasteiger partial charge in [-0.25, -0.2) is 0 Å². The molecule has 2 aromatic rings. The van der Waals surface area contributed by atoms with Gasteiger partial charge in [-0.2, -0.15) is 0 Å². The molecule has 0 atom stereocenters. The minimum atomic E-state index is -0.0854. The van der Waals surface area contributed by atoms with E-state index in [9.17, 15) is 4.79 Å². The molecular weight excluding hydrogens is 404 g/mol. The van der Waals surface area contributed by atoms with Crippen molar-refractivity contribution in [3.8, 4) is 0 Å². The number of nitrogens with one attached hydrogen (secondary N) is 2. The summed E-state index contributed by atoms with van der Waals surface area (Å²) < 4.78 is 1.77. The number of fused-ring (bicyclic) bond motifs is 1. The fraction of sp³-hybridized carbons (Fsp3) is 0.214. The Morgan fingerprint density at radius 3 is 2.95 bits per heavy atom. The van der Waals surface area contributed by atoms with Crippen LogP contribution < -0.4 is 10.6 Å². The van der Waals surface area contributed by atoms with Gasteiger partial charge in [0, 0.05) is 12.2 Å². The second kappa shape index (κ2) is 5.97. The third-order valence-corrected chi connectivity index (χ3v) is 5.63. The molecule has 1 aliphatic rings. The lowest BCUT2D eigenvalue weighted by atomic mass is 9.99. The van der Waals surface area contributed by atoms with Crippen LogP contribution in [0.4, 0.5) is 5.69 Å². The van der Waals surface area contributed by atoms with E-state index in [4.69, 9.17) is 0 Å². The van der Waals surface area contributed by atoms with Crippen LogP contribution in [0.2, 0.25) is 0 Å². The Morgan fingerprint density at radius 1 is 1.35 bits per heavy atom. The first-order valence-electron chi connectivity index (χ1n) is 6.23. The minimum Gasteiger partial charge on any atom is -0.322 e. The molecule has 1 aliphatic heterocycles. The fourth-order valence-electron chi connectivity index (χ4n) is 2.32. The number of benzene rings is 1. The average molecular weight is 416 g/mol. The Labute approximate surface area is 138 Å². The highest BCUT2D eigenvalue weighted by molar-refractivity contribution is 9.12. The van der Waals surface area contributed by atoms with Crippen molar-refractivity contribution in [2.45, 2.75) is 13.0 Å². The third-order valence-electron chi connectivity index (χ3n) is 3.30. The lowest BCUT2D eigenvalue weighted by Crippen LogP contribution is -2.25. The van der Waals surface area contributed by atoms with Crippen LogP contribution in [0.15, 0.2) is 31.8 Å². The predicted molar refractivity (Wildman–Crippen MR) is 89.5 cm³/mol. The normalized spacial score (nSPS) is 13.9. The van der Waals surface area contributed by atoms with Crippen LogP contribution in [0, 0.1) is 0 Å². The number of thiophene rings is 1. The number of rotatable bonds is 2. The van der Waals surface area contributed by atoms with Gasteiger partial charge in [-0.15, -0.1) is 11.3 Å². The standard InChI is InChI=1S/C14H12Br2N2OS/c15-12-6-9(13(16)20-12)14(19)18-11-3-1-2-8-4-5-17-7-10(8)11/h1-3,6,17H,4-5,7H2,(H,18,19). The summed E-state index contributed by atoms with van der Waals surface area (Å²) in [5.74, 6) is -0.0854. The van der Waals surface area contributed by atoms with Gasteiger partial charge in [0.25, 0.3) is 5.91 Å². The van der Waals surface area contributed by atoms with Gasteiger partial charge >= 0.3 is 0 Å². The summed E-state index contributed by atoms with van der Waals surface area (Å²) >= 11 is 8.31. The van der Waals surface area contributed by atoms with E-state index in [2.05, 4.69) is 48.6 Å². The van der Waals surface area contributed by atoms with Crippen molar-refractivity contribution in [3.63, 3.8) is 0 Å². The monoisotopic (exact) mass is 414 g/mol. The second-order valence-electron chi connectivity index (χ2n) is 4.56. The molecular formula is C14H12Br2N2OS. The summed E-state index contributed by atoms with van der Waals surface area (Å²) in [6.07, 6.45) is 1.01. The Balaban J connectivity index is 1.88. The largest absolute Gasteiger partial charge is 0.322 e. The molecule has 3 rings (SSSR count). The highest BCUT2D eigenvalue weighted by Crippen LogP contribution is 2.32. The van der Waals surface area contributed by atoms with E-state index in [-0.39, 0.29) is 5.91 Å². The van der Waals surface area contributed by atoms with Gasteiger partial charge in [0.2, 0.25) is 0 Å². The molecule has 2 N–H and O–H groups in total. The first kappa shape index (κ1) is 14.3. The molecule has 0 saturated carbocycles. The van der Waals surface area contributed by atoms with Crippen molar-refractivity contribution < 1.29 is 4.79 Å². The molecule has 0 unspecified atom stereocenters. The van der Waals surface area contributed by atoms with E-state index in [1.807, 2.05) is 18.2 Å². The van der Waals surface area contributed by atoms with Gasteiger partial charge in [0.15, 0.2) is 0 Å². The fourth-order valence-corrected chi connectivity index (χ4v) is 5.11. The number of carbonyl (C=O) groups is 1. The SMILES string of the molecule is O=C(Nc1cccc2c1CNCC2)c1cc(Br)sc1Br. The van der Waals surface area contributed by atoms with Gasteiger partial charge in [0.1, 0.15) is 0 Å². The summed E-state index contributed by atoms with van der Waals surface area (Å²) in [6.45, 7) is 1.80. The van der Waals surface area contributed by atoms with Gasteiger partial charge in [-0.05, 0) is 68.1 Å². The molecule has 0 radical (unpaired) electrons. The molecule has 1 amide bonds. The number of hydrogen-bond acceptors (Lipinski definition) is 3. The highest BCUT2D eigenvalue weighted by Gasteiger charge is 2.17. The number of anilines is 1. The summed E-state index contributed by atoms with van der Waals surface area (Å²) in [6, 6.07) is 7.91. The number of carbonyl (C=O) groups excluding carboxylic acids is 1. The molecule has 0 bridgehead atoms. The smallest absolute Gasteiger partial charge is 0.257 e. The quantitative estimate of drug-likeness (QED) is 0.772. The molecule has 2 heterocycles. The van der Waals surface area contributed by atoms with E-state index in [0.717, 1.165) is 32.8 Å². The topological polar surface area (TPSA) is 41.1 Å². The van der Waals surface area contributed by atoms with Crippen LogP contribution in [0.25, 0.3) is 0 Å². The molecule has 0 spiro atoms. The molecule has 3 nitrogen and oxygen atoms in total. The van der Waals surface area contributed by atoms with E-state index < -0.39 is 0 Å². The van der Waals surface area contributed by atoms with E-state index in [1.165, 1.54) is 22.5 Å². The number of hydrogen-bond donors (Lipinski definition) is 2. The Morgan fingerprint density at radius 2 is 2.20 bits per heavy atom. The maximum Gasteiger partial charge on any atom is 0.257 e. The molecule has 1 aromatic heterocycles. The van der Waals surface area contributed by atoms with Crippen molar-refractivity contribution >= 4 is 54.8 Å². The van der Waals surface area contributed by atoms with Gasteiger partial charge in [-0.3, -0.25) is 4.79 Å². The molecule has 1 aromatic carbocycles. The molecule has 20 heavy (non-hydrogen) atoms. The van der Waals surface area contributed by atoms with Gasteiger partial charge in [0.05, 0.1) is 13.1 Å². The van der Waals surface area contributed by atoms with Crippen LogP contribution in [0.1, 0.15) is 21.5 Å². The van der Waals surface area contributed by atoms with E-state index in [0.29, 0.717) is 5.56 Å². The minimum absolute atomic E-state index is 0.0854. The molecule has 0 aliphatic carbocycles. The number of halogens is 2. The van der Waals surface area contributed by atoms with Crippen LogP contribution in [0.3, 0.4) is 0 Å². The molecule has 0 saturated heterocycles. The Hall–Kier alpha value is -0.690. The van der Waals surface area contributed by atoms with Gasteiger partial charge in [-0.1, -0.05) is 12.1 Å². The number of amides is 1. The third kappa shape index (κ3) is 2.83. The maximum atomic E-state index is 12.4. The maximum absolute atomic E-state index is 12.4. The molecule has 6 heteroatoms. The van der Waals surface area contributed by atoms with Crippen LogP contribution in [-0.4, -0.2) is 12.5 Å². The first-order chi connectivity index (χ1) is 9.65. The van der Waals surface area contributed by atoms with Gasteiger partial charge < -0.3 is 10.6 Å². The summed E-state index contributed by atoms with van der Waals surface area (Å²) in [4.78, 5) is 12.4. The average Bonchev–Trinajstić information content (AvgIpc) is 2.78. The summed E-state index contributed by atoms with van der Waals surface area (Å²) in [7, 11) is 0. The Bertz CT molecular complexity index is 669. The highest BCUT2D eigenvalue weighted by atomic mass is 79.9. The summed E-state index contributed by atoms with van der Waals surface area (Å²) in [5.41, 5.74) is 4.06. The van der Waals surface area contributed by atoms with Crippen molar-refractivity contribution in [3.05, 3.63) is 48.5 Å². The second-order valence-corrected chi connectivity index (χ2v) is 8.31. The van der Waals surface area contributed by atoms with Crippen LogP contribution in [0.5, 0.6) is 0 Å². The predicted octanol–water partition coefficient (Wildman–Crippen LogP) is 4.17. The van der Waals surface area contributed by atoms with Crippen molar-refractivity contribution in [2.75, 3.05) is 11.9 Å². The van der Waals surface area contributed by atoms with E-state index >= 15 is 0 Å². The lowest BCUT2D eigenvalue weighted by Gasteiger charge is -2.20. The van der Waals surface area contributed by atoms with E-state index in [1.54, 1.807) is 0 Å². The zero-order valence-corrected chi connectivity index (χ0v) is 14.5. The zero-order valence-electron chi connectivity index (χ0n) is 10.5. The van der Waals surface area contributed by atoms with Crippen molar-refractivity contribution in [2.24, 2.45) is 0 Å². The lowest BCUT2D eigenvalue weighted by molar-refractivity contribution is 0.102.